The van der Waals surface area contributed by atoms with Crippen LogP contribution in [0.3, 0.4) is 0 Å². The van der Waals surface area contributed by atoms with Gasteiger partial charge in [0.05, 0.1) is 19.3 Å². The maximum atomic E-state index is 11.9. The molecule has 1 aromatic rings. The van der Waals surface area contributed by atoms with Crippen LogP contribution in [-0.4, -0.2) is 43.6 Å². The van der Waals surface area contributed by atoms with Crippen molar-refractivity contribution in [1.82, 2.24) is 4.98 Å². The topological polar surface area (TPSA) is 69.7 Å². The molecule has 0 radical (unpaired) electrons. The number of hydrogen-bond acceptors (Lipinski definition) is 5. The van der Waals surface area contributed by atoms with Crippen LogP contribution in [0.15, 0.2) is 24.5 Å². The minimum atomic E-state index is -0.465. The Morgan fingerprint density at radius 2 is 1.42 bits per heavy atom. The molecule has 0 aliphatic carbocycles. The van der Waals surface area contributed by atoms with E-state index in [1.54, 1.807) is 24.5 Å². The van der Waals surface area contributed by atoms with Crippen molar-refractivity contribution in [3.8, 4) is 0 Å². The summed E-state index contributed by atoms with van der Waals surface area (Å²) in [5.74, 6) is 0.392. The second kappa shape index (κ2) is 21.4. The molecule has 1 aromatic heterocycles. The van der Waals surface area contributed by atoms with E-state index in [4.69, 9.17) is 14.2 Å². The van der Waals surface area contributed by atoms with Crippen molar-refractivity contribution < 1.29 is 19.0 Å². The average Bonchev–Trinajstić information content (AvgIpc) is 3.35. The van der Waals surface area contributed by atoms with Gasteiger partial charge in [0.25, 0.3) is 0 Å². The first-order valence-corrected chi connectivity index (χ1v) is 14.8. The van der Waals surface area contributed by atoms with E-state index in [9.17, 15) is 4.79 Å². The van der Waals surface area contributed by atoms with Gasteiger partial charge in [0.1, 0.15) is 6.61 Å². The molecule has 0 bridgehead atoms. The van der Waals surface area contributed by atoms with Gasteiger partial charge >= 0.3 is 6.09 Å². The van der Waals surface area contributed by atoms with E-state index in [-0.39, 0.29) is 12.7 Å². The Morgan fingerprint density at radius 1 is 0.861 bits per heavy atom. The molecule has 2 atom stereocenters. The minimum Gasteiger partial charge on any atom is -0.447 e. The Balaban J connectivity index is 1.29. The number of carbonyl (C=O) groups is 1. The zero-order chi connectivity index (χ0) is 25.5. The molecule has 0 saturated carbocycles. The van der Waals surface area contributed by atoms with Crippen LogP contribution in [0.5, 0.6) is 0 Å². The highest BCUT2D eigenvalue weighted by Crippen LogP contribution is 2.21. The lowest BCUT2D eigenvalue weighted by atomic mass is 10.0. The molecular weight excluding hydrogens is 452 g/mol. The summed E-state index contributed by atoms with van der Waals surface area (Å²) in [4.78, 5) is 15.8. The van der Waals surface area contributed by atoms with Crippen LogP contribution in [0.4, 0.5) is 10.5 Å². The van der Waals surface area contributed by atoms with E-state index in [1.807, 2.05) is 0 Å². The number of pyridine rings is 1. The van der Waals surface area contributed by atoms with E-state index >= 15 is 0 Å². The van der Waals surface area contributed by atoms with E-state index in [0.29, 0.717) is 18.2 Å². The lowest BCUT2D eigenvalue weighted by molar-refractivity contribution is 0.0430. The number of nitrogens with zero attached hydrogens (tertiary/aromatic N) is 1. The smallest absolute Gasteiger partial charge is 0.411 e. The first-order chi connectivity index (χ1) is 17.8. The largest absolute Gasteiger partial charge is 0.447 e. The number of amides is 1. The van der Waals surface area contributed by atoms with Crippen LogP contribution in [-0.2, 0) is 14.2 Å². The predicted molar refractivity (Wildman–Crippen MR) is 147 cm³/mol. The van der Waals surface area contributed by atoms with Crippen LogP contribution in [0.2, 0.25) is 0 Å². The molecule has 36 heavy (non-hydrogen) atoms. The molecule has 6 nitrogen and oxygen atoms in total. The quantitative estimate of drug-likeness (QED) is 0.161. The second-order valence-corrected chi connectivity index (χ2v) is 10.4. The first-order valence-electron chi connectivity index (χ1n) is 14.8. The summed E-state index contributed by atoms with van der Waals surface area (Å²) < 4.78 is 16.9. The van der Waals surface area contributed by atoms with Gasteiger partial charge in [-0.2, -0.15) is 0 Å². The fourth-order valence-corrected chi connectivity index (χ4v) is 4.77. The Labute approximate surface area is 220 Å². The molecule has 1 aliphatic heterocycles. The molecule has 1 N–H and O–H groups in total. The first kappa shape index (κ1) is 30.6. The van der Waals surface area contributed by atoms with Crippen LogP contribution in [0, 0.1) is 5.92 Å². The van der Waals surface area contributed by atoms with Gasteiger partial charge in [0.15, 0.2) is 0 Å². The molecular formula is C30H52N2O4. The van der Waals surface area contributed by atoms with Crippen LogP contribution in [0.25, 0.3) is 0 Å². The Kier molecular flexibility index (Phi) is 18.2. The zero-order valence-corrected chi connectivity index (χ0v) is 22.9. The standard InChI is InChI=1S/C30H52N2O4/c1-2-3-4-5-6-7-8-9-10-11-12-13-14-15-16-17-22-34-24-27-23-29(35-25-27)26-36-30(33)32-28-18-20-31-21-19-28/h18-21,27,29H,2-17,22-26H2,1H3,(H,31,32,33). The van der Waals surface area contributed by atoms with Gasteiger partial charge < -0.3 is 14.2 Å². The number of unbranched alkanes of at least 4 members (excludes halogenated alkanes) is 15. The minimum absolute atomic E-state index is 0.0441. The van der Waals surface area contributed by atoms with Crippen molar-refractivity contribution in [2.45, 2.75) is 122 Å². The van der Waals surface area contributed by atoms with Crippen molar-refractivity contribution in [3.63, 3.8) is 0 Å². The molecule has 1 aliphatic rings. The molecule has 2 rings (SSSR count). The molecule has 6 heteroatoms. The average molecular weight is 505 g/mol. The number of carbonyl (C=O) groups excluding carboxylic acids is 1. The number of ether oxygens (including phenoxy) is 3. The lowest BCUT2D eigenvalue weighted by Gasteiger charge is -2.11. The van der Waals surface area contributed by atoms with E-state index < -0.39 is 6.09 Å². The fraction of sp³-hybridized carbons (Fsp3) is 0.800. The molecule has 0 spiro atoms. The summed E-state index contributed by atoms with van der Waals surface area (Å²) in [6.45, 7) is 4.81. The second-order valence-electron chi connectivity index (χ2n) is 10.4. The maximum Gasteiger partial charge on any atom is 0.411 e. The molecule has 0 aromatic carbocycles. The Hall–Kier alpha value is -1.66. The number of anilines is 1. The highest BCUT2D eigenvalue weighted by molar-refractivity contribution is 5.84. The van der Waals surface area contributed by atoms with Crippen LogP contribution < -0.4 is 5.32 Å². The summed E-state index contributed by atoms with van der Waals surface area (Å²) in [5, 5.41) is 2.68. The molecule has 1 amide bonds. The van der Waals surface area contributed by atoms with Gasteiger partial charge in [-0.05, 0) is 25.0 Å². The summed E-state index contributed by atoms with van der Waals surface area (Å²) in [6.07, 6.45) is 25.8. The van der Waals surface area contributed by atoms with Crippen molar-refractivity contribution in [2.24, 2.45) is 5.92 Å². The summed E-state index contributed by atoms with van der Waals surface area (Å²) >= 11 is 0. The van der Waals surface area contributed by atoms with Gasteiger partial charge in [-0.1, -0.05) is 103 Å². The van der Waals surface area contributed by atoms with Crippen molar-refractivity contribution in [2.75, 3.05) is 31.7 Å². The van der Waals surface area contributed by atoms with E-state index in [0.717, 1.165) is 26.1 Å². The van der Waals surface area contributed by atoms with Crippen LogP contribution in [0.1, 0.15) is 116 Å². The highest BCUT2D eigenvalue weighted by atomic mass is 16.6. The van der Waals surface area contributed by atoms with Crippen LogP contribution >= 0.6 is 0 Å². The zero-order valence-electron chi connectivity index (χ0n) is 22.9. The molecule has 1 saturated heterocycles. The van der Waals surface area contributed by atoms with Crippen molar-refractivity contribution >= 4 is 11.8 Å². The van der Waals surface area contributed by atoms with Crippen molar-refractivity contribution in [3.05, 3.63) is 24.5 Å². The molecule has 2 unspecified atom stereocenters. The molecule has 206 valence electrons. The third-order valence-corrected chi connectivity index (χ3v) is 6.99. The summed E-state index contributed by atoms with van der Waals surface area (Å²) in [6, 6.07) is 3.44. The predicted octanol–water partition coefficient (Wildman–Crippen LogP) is 8.31. The number of hydrogen-bond donors (Lipinski definition) is 1. The summed E-state index contributed by atoms with van der Waals surface area (Å²) in [5.41, 5.74) is 0.669. The fourth-order valence-electron chi connectivity index (χ4n) is 4.77. The van der Waals surface area contributed by atoms with Gasteiger partial charge in [-0.3, -0.25) is 10.3 Å². The SMILES string of the molecule is CCCCCCCCCCCCCCCCCCOCC1COC(COC(=O)Nc2ccncc2)C1. The highest BCUT2D eigenvalue weighted by Gasteiger charge is 2.26. The number of rotatable bonds is 22. The monoisotopic (exact) mass is 504 g/mol. The van der Waals surface area contributed by atoms with E-state index in [2.05, 4.69) is 17.2 Å². The van der Waals surface area contributed by atoms with Gasteiger partial charge in [0.2, 0.25) is 0 Å². The van der Waals surface area contributed by atoms with Crippen molar-refractivity contribution in [1.29, 1.82) is 0 Å². The lowest BCUT2D eigenvalue weighted by Crippen LogP contribution is -2.21. The van der Waals surface area contributed by atoms with Gasteiger partial charge in [-0.25, -0.2) is 4.79 Å². The van der Waals surface area contributed by atoms with E-state index in [1.165, 1.54) is 96.3 Å². The third kappa shape index (κ3) is 16.2. The molecule has 2 heterocycles. The normalized spacial score (nSPS) is 17.4. The molecule has 1 fully saturated rings. The summed E-state index contributed by atoms with van der Waals surface area (Å²) in [7, 11) is 0. The Morgan fingerprint density at radius 3 is 2.00 bits per heavy atom. The van der Waals surface area contributed by atoms with Gasteiger partial charge in [0, 0.05) is 30.6 Å². The maximum absolute atomic E-state index is 11.9. The Bertz CT molecular complexity index is 643. The number of aromatic nitrogens is 1. The number of nitrogens with one attached hydrogen (secondary N) is 1. The third-order valence-electron chi connectivity index (χ3n) is 6.99. The van der Waals surface area contributed by atoms with Gasteiger partial charge in [-0.15, -0.1) is 0 Å².